The van der Waals surface area contributed by atoms with Crippen molar-refractivity contribution in [3.8, 4) is 0 Å². The molecule has 9 nitrogen and oxygen atoms in total. The minimum atomic E-state index is -1.28. The van der Waals surface area contributed by atoms with Gasteiger partial charge in [0.05, 0.1) is 57.6 Å². The first kappa shape index (κ1) is 37.6. The summed E-state index contributed by atoms with van der Waals surface area (Å²) in [4.78, 5) is 28.2. The number of carbonyl (C=O) groups excluding carboxylic acids is 2. The molecule has 1 spiro atoms. The predicted molar refractivity (Wildman–Crippen MR) is 183 cm³/mol. The molecule has 0 bridgehead atoms. The smallest absolute Gasteiger partial charge is 0.410 e. The van der Waals surface area contributed by atoms with Gasteiger partial charge < -0.3 is 28.9 Å². The standard InChI is InChI=1S/C38H63N2O7/c1-8-31(41)30(6)36-32(45-36)24-26(2)12-11-13-28(4)35-29(5)14-15-33(38(7,44)17-16-27(3)25-34(42)47-35)46-37(43)39-18-22-40(23-19-39)20-9-10-21-40/h11-15,26-27,29-33,35-36,41,44H,8-10,16-25H2,1-7H3/q+1/b12-11+,15-14+,28-13+/t26-,27-,29+,30-,31+,32-,33+,35-,36-,38-/m1/s1. The summed E-state index contributed by atoms with van der Waals surface area (Å²) in [6.07, 6.45) is 13.5. The number of carbonyl (C=O) groups is 2. The van der Waals surface area contributed by atoms with E-state index in [9.17, 15) is 19.8 Å². The first-order valence-electron chi connectivity index (χ1n) is 18.3. The van der Waals surface area contributed by atoms with Crippen LogP contribution in [0.15, 0.2) is 36.0 Å². The second-order valence-electron chi connectivity index (χ2n) is 15.6. The molecule has 4 aliphatic heterocycles. The van der Waals surface area contributed by atoms with Crippen molar-refractivity contribution in [3.05, 3.63) is 36.0 Å². The Kier molecular flexibility index (Phi) is 13.2. The molecule has 266 valence electrons. The molecule has 10 atom stereocenters. The molecule has 47 heavy (non-hydrogen) atoms. The zero-order chi connectivity index (χ0) is 34.4. The molecule has 0 aromatic rings. The van der Waals surface area contributed by atoms with Crippen LogP contribution >= 0.6 is 0 Å². The highest BCUT2D eigenvalue weighted by Crippen LogP contribution is 2.36. The molecule has 2 N–H and O–H groups in total. The lowest BCUT2D eigenvalue weighted by Crippen LogP contribution is -2.59. The molecule has 4 aliphatic rings. The van der Waals surface area contributed by atoms with Crippen molar-refractivity contribution in [1.29, 1.82) is 0 Å². The van der Waals surface area contributed by atoms with E-state index in [2.05, 4.69) is 19.9 Å². The van der Waals surface area contributed by atoms with Crippen molar-refractivity contribution >= 4 is 12.1 Å². The maximum atomic E-state index is 13.4. The summed E-state index contributed by atoms with van der Waals surface area (Å²) in [6.45, 7) is 19.6. The fourth-order valence-electron chi connectivity index (χ4n) is 7.67. The molecule has 1 amide bonds. The first-order valence-corrected chi connectivity index (χ1v) is 18.3. The number of hydrogen-bond acceptors (Lipinski definition) is 7. The highest BCUT2D eigenvalue weighted by molar-refractivity contribution is 5.70. The van der Waals surface area contributed by atoms with Gasteiger partial charge in [-0.25, -0.2) is 4.79 Å². The summed E-state index contributed by atoms with van der Waals surface area (Å²) in [6, 6.07) is 0. The van der Waals surface area contributed by atoms with Crippen molar-refractivity contribution in [2.24, 2.45) is 23.7 Å². The van der Waals surface area contributed by atoms with E-state index in [4.69, 9.17) is 14.2 Å². The number of aliphatic hydroxyl groups excluding tert-OH is 1. The number of epoxide rings is 1. The summed E-state index contributed by atoms with van der Waals surface area (Å²) in [5.74, 6) is -0.0327. The number of hydrogen-bond donors (Lipinski definition) is 2. The van der Waals surface area contributed by atoms with E-state index in [-0.39, 0.29) is 60.5 Å². The Labute approximate surface area is 283 Å². The number of amides is 1. The SMILES string of the molecule is CC[C@H](O)[C@@H](C)[C@H]1O[C@@H]1C[C@H](C)/C=C/C=C(\C)[C@H]1OC(=O)C[C@H](C)CC[C@@](C)(O)[C@@H](OC(=O)N2CC[N+]3(CCCC3)CC2)/C=C/[C@@H]1C. The Morgan fingerprint density at radius 3 is 2.51 bits per heavy atom. The molecular weight excluding hydrogens is 596 g/mol. The van der Waals surface area contributed by atoms with Gasteiger partial charge in [-0.15, -0.1) is 0 Å². The van der Waals surface area contributed by atoms with Crippen LogP contribution in [0.1, 0.15) is 93.4 Å². The molecule has 4 heterocycles. The van der Waals surface area contributed by atoms with Crippen molar-refractivity contribution in [2.75, 3.05) is 39.3 Å². The fraction of sp³-hybridized carbons (Fsp3) is 0.789. The van der Waals surface area contributed by atoms with Crippen LogP contribution in [0.25, 0.3) is 0 Å². The number of quaternary nitrogens is 1. The number of allylic oxidation sites excluding steroid dienone is 3. The van der Waals surface area contributed by atoms with Gasteiger partial charge in [0.2, 0.25) is 0 Å². The van der Waals surface area contributed by atoms with Crippen LogP contribution < -0.4 is 0 Å². The van der Waals surface area contributed by atoms with Crippen LogP contribution in [0.2, 0.25) is 0 Å². The van der Waals surface area contributed by atoms with Crippen LogP contribution in [-0.2, 0) is 19.0 Å². The van der Waals surface area contributed by atoms with Crippen molar-refractivity contribution < 1.29 is 38.5 Å². The molecule has 3 saturated heterocycles. The maximum Gasteiger partial charge on any atom is 0.410 e. The summed E-state index contributed by atoms with van der Waals surface area (Å²) >= 11 is 0. The zero-order valence-electron chi connectivity index (χ0n) is 30.1. The molecule has 0 radical (unpaired) electrons. The maximum absolute atomic E-state index is 13.4. The molecule has 0 aliphatic carbocycles. The van der Waals surface area contributed by atoms with Gasteiger partial charge in [-0.3, -0.25) is 9.69 Å². The van der Waals surface area contributed by atoms with Gasteiger partial charge in [0.25, 0.3) is 0 Å². The van der Waals surface area contributed by atoms with Gasteiger partial charge in [-0.1, -0.05) is 58.9 Å². The highest BCUT2D eigenvalue weighted by Gasteiger charge is 2.45. The Hall–Kier alpha value is -2.20. The molecule has 3 fully saturated rings. The van der Waals surface area contributed by atoms with E-state index >= 15 is 0 Å². The van der Waals surface area contributed by atoms with E-state index in [1.54, 1.807) is 17.9 Å². The molecule has 0 saturated carbocycles. The van der Waals surface area contributed by atoms with E-state index in [0.717, 1.165) is 36.0 Å². The van der Waals surface area contributed by atoms with Gasteiger partial charge >= 0.3 is 12.1 Å². The Morgan fingerprint density at radius 1 is 1.17 bits per heavy atom. The normalized spacial score (nSPS) is 36.2. The molecule has 9 heteroatoms. The van der Waals surface area contributed by atoms with Gasteiger partial charge in [0.15, 0.2) is 6.10 Å². The van der Waals surface area contributed by atoms with Crippen LogP contribution in [0.5, 0.6) is 0 Å². The van der Waals surface area contributed by atoms with Gasteiger partial charge in [0.1, 0.15) is 11.7 Å². The van der Waals surface area contributed by atoms with E-state index in [1.807, 2.05) is 45.9 Å². The Balaban J connectivity index is 1.42. The lowest BCUT2D eigenvalue weighted by molar-refractivity contribution is -0.920. The van der Waals surface area contributed by atoms with E-state index < -0.39 is 17.8 Å². The van der Waals surface area contributed by atoms with Crippen LogP contribution in [0.4, 0.5) is 4.79 Å². The number of cyclic esters (lactones) is 1. The van der Waals surface area contributed by atoms with Crippen molar-refractivity contribution in [3.63, 3.8) is 0 Å². The monoisotopic (exact) mass is 659 g/mol. The molecular formula is C38H63N2O7+. The lowest BCUT2D eigenvalue weighted by atomic mass is 9.87. The number of ether oxygens (including phenoxy) is 3. The minimum Gasteiger partial charge on any atom is -0.457 e. The largest absolute Gasteiger partial charge is 0.457 e. The number of piperazine rings is 1. The quantitative estimate of drug-likeness (QED) is 0.106. The minimum absolute atomic E-state index is 0.00631. The van der Waals surface area contributed by atoms with Crippen molar-refractivity contribution in [1.82, 2.24) is 4.90 Å². The highest BCUT2D eigenvalue weighted by atomic mass is 16.6. The fourth-order valence-corrected chi connectivity index (χ4v) is 7.67. The lowest BCUT2D eigenvalue weighted by Gasteiger charge is -2.42. The Bertz CT molecular complexity index is 1130. The summed E-state index contributed by atoms with van der Waals surface area (Å²) in [5.41, 5.74) is -0.367. The number of rotatable bonds is 9. The van der Waals surface area contributed by atoms with E-state index in [1.165, 1.54) is 25.9 Å². The van der Waals surface area contributed by atoms with Crippen molar-refractivity contribution in [2.45, 2.75) is 130 Å². The first-order chi connectivity index (χ1) is 22.2. The topological polar surface area (TPSA) is 109 Å². The number of nitrogens with zero attached hydrogens (tertiary/aromatic N) is 2. The zero-order valence-corrected chi connectivity index (χ0v) is 30.1. The third-order valence-corrected chi connectivity index (χ3v) is 11.3. The van der Waals surface area contributed by atoms with Gasteiger partial charge in [-0.2, -0.15) is 0 Å². The molecule has 4 rings (SSSR count). The second-order valence-corrected chi connectivity index (χ2v) is 15.6. The summed E-state index contributed by atoms with van der Waals surface area (Å²) in [5, 5.41) is 21.7. The van der Waals surface area contributed by atoms with Gasteiger partial charge in [-0.05, 0) is 63.0 Å². The van der Waals surface area contributed by atoms with Crippen LogP contribution in [0.3, 0.4) is 0 Å². The third kappa shape index (κ3) is 10.4. The average Bonchev–Trinajstić information content (AvgIpc) is 3.65. The van der Waals surface area contributed by atoms with Gasteiger partial charge in [0, 0.05) is 31.1 Å². The predicted octanol–water partition coefficient (Wildman–Crippen LogP) is 5.80. The van der Waals surface area contributed by atoms with Crippen LogP contribution in [-0.4, -0.2) is 107 Å². The summed E-state index contributed by atoms with van der Waals surface area (Å²) in [7, 11) is 0. The van der Waals surface area contributed by atoms with Crippen LogP contribution in [0, 0.1) is 23.7 Å². The molecule has 0 aromatic heterocycles. The molecule has 0 aromatic carbocycles. The summed E-state index contributed by atoms with van der Waals surface area (Å²) < 4.78 is 19.1. The molecule has 0 unspecified atom stereocenters. The number of esters is 1. The number of aliphatic hydroxyl groups is 2. The third-order valence-electron chi connectivity index (χ3n) is 11.3. The average molecular weight is 660 g/mol. The van der Waals surface area contributed by atoms with E-state index in [0.29, 0.717) is 25.9 Å². The Morgan fingerprint density at radius 2 is 1.85 bits per heavy atom. The second kappa shape index (κ2) is 16.5.